The zero-order chi connectivity index (χ0) is 20.4. The molecule has 2 amide bonds. The van der Waals surface area contributed by atoms with Crippen molar-refractivity contribution in [3.05, 3.63) is 47.3 Å². The first-order valence-electron chi connectivity index (χ1n) is 10.3. The van der Waals surface area contributed by atoms with E-state index in [1.165, 1.54) is 0 Å². The summed E-state index contributed by atoms with van der Waals surface area (Å²) in [5.74, 6) is 0.232. The van der Waals surface area contributed by atoms with E-state index in [1.54, 1.807) is 0 Å². The molecule has 0 unspecified atom stereocenters. The summed E-state index contributed by atoms with van der Waals surface area (Å²) >= 11 is 0. The fourth-order valence-corrected chi connectivity index (χ4v) is 4.30. The fraction of sp³-hybridized carbons (Fsp3) is 0.500. The van der Waals surface area contributed by atoms with Crippen molar-refractivity contribution >= 4 is 11.8 Å². The highest BCUT2D eigenvalue weighted by atomic mass is 16.5. The van der Waals surface area contributed by atoms with Crippen molar-refractivity contribution in [2.75, 3.05) is 39.4 Å². The molecule has 154 valence electrons. The molecule has 2 aliphatic heterocycles. The number of morpholine rings is 1. The van der Waals surface area contributed by atoms with Crippen LogP contribution in [0.15, 0.2) is 30.3 Å². The molecule has 0 radical (unpaired) electrons. The van der Waals surface area contributed by atoms with E-state index >= 15 is 0 Å². The quantitative estimate of drug-likeness (QED) is 0.798. The van der Waals surface area contributed by atoms with Crippen molar-refractivity contribution < 1.29 is 14.3 Å². The molecule has 7 nitrogen and oxygen atoms in total. The summed E-state index contributed by atoms with van der Waals surface area (Å²) in [6.07, 6.45) is 1.43. The predicted molar refractivity (Wildman–Crippen MR) is 109 cm³/mol. The summed E-state index contributed by atoms with van der Waals surface area (Å²) < 4.78 is 7.17. The van der Waals surface area contributed by atoms with Crippen LogP contribution >= 0.6 is 0 Å². The van der Waals surface area contributed by atoms with Crippen LogP contribution in [0.1, 0.15) is 34.6 Å². The number of ether oxygens (including phenoxy) is 1. The van der Waals surface area contributed by atoms with Gasteiger partial charge in [-0.1, -0.05) is 18.2 Å². The Morgan fingerprint density at radius 3 is 2.28 bits per heavy atom. The first kappa shape index (κ1) is 19.6. The molecule has 0 aliphatic carbocycles. The van der Waals surface area contributed by atoms with Crippen LogP contribution in [0, 0.1) is 19.8 Å². The number of aromatic nitrogens is 2. The Hall–Kier alpha value is -2.67. The van der Waals surface area contributed by atoms with E-state index in [4.69, 9.17) is 4.74 Å². The number of likely N-dealkylation sites (tertiary alicyclic amines) is 1. The molecule has 1 aromatic carbocycles. The molecule has 1 aromatic heterocycles. The van der Waals surface area contributed by atoms with Crippen LogP contribution in [0.5, 0.6) is 0 Å². The lowest BCUT2D eigenvalue weighted by atomic mass is 9.94. The van der Waals surface area contributed by atoms with Gasteiger partial charge in [0.2, 0.25) is 5.91 Å². The molecular formula is C22H28N4O3. The van der Waals surface area contributed by atoms with Gasteiger partial charge >= 0.3 is 0 Å². The van der Waals surface area contributed by atoms with Crippen LogP contribution < -0.4 is 0 Å². The Labute approximate surface area is 171 Å². The number of carbonyl (C=O) groups excluding carboxylic acids is 2. The summed E-state index contributed by atoms with van der Waals surface area (Å²) in [6, 6.07) is 9.85. The normalized spacial score (nSPS) is 18.1. The Morgan fingerprint density at radius 1 is 0.966 bits per heavy atom. The number of benzene rings is 1. The molecular weight excluding hydrogens is 368 g/mol. The highest BCUT2D eigenvalue weighted by Crippen LogP contribution is 2.25. The van der Waals surface area contributed by atoms with Crippen molar-refractivity contribution in [2.24, 2.45) is 5.92 Å². The van der Waals surface area contributed by atoms with Crippen LogP contribution in [0.2, 0.25) is 0 Å². The molecule has 2 aromatic rings. The summed E-state index contributed by atoms with van der Waals surface area (Å²) in [7, 11) is 0. The van der Waals surface area contributed by atoms with Gasteiger partial charge in [0.15, 0.2) is 0 Å². The SMILES string of the molecule is Cc1nn(-c2ccccc2)c(C)c1C(=O)N1CCC(C(=O)N2CCOCC2)CC1. The molecule has 29 heavy (non-hydrogen) atoms. The van der Waals surface area contributed by atoms with Crippen molar-refractivity contribution in [3.8, 4) is 5.69 Å². The number of rotatable bonds is 3. The first-order valence-corrected chi connectivity index (χ1v) is 10.3. The van der Waals surface area contributed by atoms with Crippen LogP contribution in [0.25, 0.3) is 5.69 Å². The first-order chi connectivity index (χ1) is 14.1. The monoisotopic (exact) mass is 396 g/mol. The number of carbonyl (C=O) groups is 2. The van der Waals surface area contributed by atoms with Crippen LogP contribution in [0.4, 0.5) is 0 Å². The summed E-state index contributed by atoms with van der Waals surface area (Å²) in [6.45, 7) is 7.62. The number of amides is 2. The van der Waals surface area contributed by atoms with E-state index in [0.717, 1.165) is 17.1 Å². The second kappa shape index (κ2) is 8.37. The van der Waals surface area contributed by atoms with Gasteiger partial charge in [0.05, 0.1) is 35.9 Å². The molecule has 0 bridgehead atoms. The lowest BCUT2D eigenvalue weighted by Gasteiger charge is -2.35. The third-order valence-electron chi connectivity index (χ3n) is 5.96. The Kier molecular flexibility index (Phi) is 5.67. The Balaban J connectivity index is 1.44. The van der Waals surface area contributed by atoms with Crippen molar-refractivity contribution in [3.63, 3.8) is 0 Å². The average Bonchev–Trinajstić information content (AvgIpc) is 3.08. The number of hydrogen-bond donors (Lipinski definition) is 0. The minimum Gasteiger partial charge on any atom is -0.378 e. The molecule has 0 saturated carbocycles. The molecule has 3 heterocycles. The van der Waals surface area contributed by atoms with Gasteiger partial charge < -0.3 is 14.5 Å². The smallest absolute Gasteiger partial charge is 0.257 e. The van der Waals surface area contributed by atoms with Crippen LogP contribution in [-0.4, -0.2) is 70.8 Å². The highest BCUT2D eigenvalue weighted by Gasteiger charge is 2.32. The summed E-state index contributed by atoms with van der Waals surface area (Å²) in [5.41, 5.74) is 3.21. The van der Waals surface area contributed by atoms with Crippen molar-refractivity contribution in [1.29, 1.82) is 0 Å². The lowest BCUT2D eigenvalue weighted by Crippen LogP contribution is -2.47. The lowest BCUT2D eigenvalue weighted by molar-refractivity contribution is -0.141. The molecule has 0 atom stereocenters. The minimum atomic E-state index is 0.00591. The molecule has 7 heteroatoms. The second-order valence-corrected chi connectivity index (χ2v) is 7.80. The maximum Gasteiger partial charge on any atom is 0.257 e. The van der Waals surface area contributed by atoms with Gasteiger partial charge in [-0.25, -0.2) is 4.68 Å². The van der Waals surface area contributed by atoms with Gasteiger partial charge in [-0.3, -0.25) is 9.59 Å². The third kappa shape index (κ3) is 3.92. The van der Waals surface area contributed by atoms with Gasteiger partial charge in [-0.15, -0.1) is 0 Å². The van der Waals surface area contributed by atoms with Gasteiger partial charge in [0.25, 0.3) is 5.91 Å². The van der Waals surface area contributed by atoms with Crippen molar-refractivity contribution in [1.82, 2.24) is 19.6 Å². The van der Waals surface area contributed by atoms with Gasteiger partial charge in [-0.2, -0.15) is 5.10 Å². The Bertz CT molecular complexity index is 879. The molecule has 2 fully saturated rings. The van der Waals surface area contributed by atoms with E-state index < -0.39 is 0 Å². The maximum absolute atomic E-state index is 13.2. The molecule has 0 N–H and O–H groups in total. The number of hydrogen-bond acceptors (Lipinski definition) is 4. The van der Waals surface area contributed by atoms with E-state index in [2.05, 4.69) is 5.10 Å². The van der Waals surface area contributed by atoms with Crippen LogP contribution in [-0.2, 0) is 9.53 Å². The third-order valence-corrected chi connectivity index (χ3v) is 5.96. The zero-order valence-electron chi connectivity index (χ0n) is 17.1. The molecule has 2 saturated heterocycles. The summed E-state index contributed by atoms with van der Waals surface area (Å²) in [4.78, 5) is 29.7. The van der Waals surface area contributed by atoms with E-state index in [-0.39, 0.29) is 17.7 Å². The number of nitrogens with zero attached hydrogens (tertiary/aromatic N) is 4. The van der Waals surface area contributed by atoms with E-state index in [1.807, 2.05) is 58.7 Å². The van der Waals surface area contributed by atoms with E-state index in [9.17, 15) is 9.59 Å². The van der Waals surface area contributed by atoms with Crippen molar-refractivity contribution in [2.45, 2.75) is 26.7 Å². The minimum absolute atomic E-state index is 0.00591. The fourth-order valence-electron chi connectivity index (χ4n) is 4.30. The highest BCUT2D eigenvalue weighted by molar-refractivity contribution is 5.96. The topological polar surface area (TPSA) is 67.7 Å². The van der Waals surface area contributed by atoms with Gasteiger partial charge in [-0.05, 0) is 38.8 Å². The number of para-hydroxylation sites is 1. The second-order valence-electron chi connectivity index (χ2n) is 7.80. The standard InChI is InChI=1S/C22H28N4O3/c1-16-20(17(2)26(23-16)19-6-4-3-5-7-19)22(28)24-10-8-18(9-11-24)21(27)25-12-14-29-15-13-25/h3-7,18H,8-15H2,1-2H3. The van der Waals surface area contributed by atoms with Gasteiger partial charge in [0.1, 0.15) is 0 Å². The van der Waals surface area contributed by atoms with Crippen LogP contribution in [0.3, 0.4) is 0 Å². The number of aryl methyl sites for hydroxylation is 1. The summed E-state index contributed by atoms with van der Waals surface area (Å²) in [5, 5.41) is 4.60. The molecule has 0 spiro atoms. The maximum atomic E-state index is 13.2. The number of piperidine rings is 1. The molecule has 2 aliphatic rings. The van der Waals surface area contributed by atoms with Gasteiger partial charge in [0, 0.05) is 32.1 Å². The zero-order valence-corrected chi connectivity index (χ0v) is 17.1. The van der Waals surface area contributed by atoms with E-state index in [0.29, 0.717) is 57.8 Å². The molecule has 4 rings (SSSR count). The average molecular weight is 396 g/mol. The largest absolute Gasteiger partial charge is 0.378 e. The predicted octanol–water partition coefficient (Wildman–Crippen LogP) is 2.20. The Morgan fingerprint density at radius 2 is 1.62 bits per heavy atom.